The van der Waals surface area contributed by atoms with Gasteiger partial charge in [0.25, 0.3) is 0 Å². The molecule has 0 radical (unpaired) electrons. The van der Waals surface area contributed by atoms with Gasteiger partial charge in [0.1, 0.15) is 12.4 Å². The predicted octanol–water partition coefficient (Wildman–Crippen LogP) is 0.644. The van der Waals surface area contributed by atoms with Crippen LogP contribution in [0.3, 0.4) is 0 Å². The number of hydrogen-bond donors (Lipinski definition) is 0. The summed E-state index contributed by atoms with van der Waals surface area (Å²) in [7, 11) is 0. The molecule has 0 bridgehead atoms. The first-order valence-electron chi connectivity index (χ1n) is 5.68. The Morgan fingerprint density at radius 1 is 1.19 bits per heavy atom. The largest absolute Gasteiger partial charge is 0.313 e. The smallest absolute Gasteiger partial charge is 0.154 e. The van der Waals surface area contributed by atoms with Gasteiger partial charge in [-0.1, -0.05) is 11.6 Å². The van der Waals surface area contributed by atoms with E-state index >= 15 is 0 Å². The Balaban J connectivity index is 1.87. The molecule has 0 fully saturated rings. The minimum Gasteiger partial charge on any atom is -0.313 e. The van der Waals surface area contributed by atoms with Gasteiger partial charge >= 0.3 is 0 Å². The van der Waals surface area contributed by atoms with Crippen molar-refractivity contribution in [3.05, 3.63) is 24.0 Å². The Hall–Kier alpha value is -1.72. The summed E-state index contributed by atoms with van der Waals surface area (Å²) in [5.41, 5.74) is 0. The van der Waals surface area contributed by atoms with E-state index < -0.39 is 0 Å². The van der Waals surface area contributed by atoms with Gasteiger partial charge in [-0.05, 0) is 12.8 Å². The highest BCUT2D eigenvalue weighted by atomic mass is 15.4. The molecular formula is C10H14N6. The highest BCUT2D eigenvalue weighted by Crippen LogP contribution is 2.14. The molecule has 0 aliphatic carbocycles. The fraction of sp³-hybridized carbons (Fsp3) is 0.600. The lowest BCUT2D eigenvalue weighted by molar-refractivity contribution is 0.559. The lowest BCUT2D eigenvalue weighted by atomic mass is 10.2. The maximum atomic E-state index is 4.25. The summed E-state index contributed by atoms with van der Waals surface area (Å²) >= 11 is 0. The highest BCUT2D eigenvalue weighted by Gasteiger charge is 2.14. The van der Waals surface area contributed by atoms with E-state index in [1.165, 1.54) is 19.3 Å². The summed E-state index contributed by atoms with van der Waals surface area (Å²) in [6.07, 6.45) is 8.30. The molecular weight excluding hydrogens is 204 g/mol. The van der Waals surface area contributed by atoms with Crippen molar-refractivity contribution in [2.75, 3.05) is 0 Å². The van der Waals surface area contributed by atoms with Crippen molar-refractivity contribution in [3.63, 3.8) is 0 Å². The Labute approximate surface area is 93.3 Å². The van der Waals surface area contributed by atoms with Crippen LogP contribution in [-0.4, -0.2) is 29.8 Å². The van der Waals surface area contributed by atoms with E-state index in [9.17, 15) is 0 Å². The molecule has 6 heteroatoms. The van der Waals surface area contributed by atoms with Gasteiger partial charge < -0.3 is 4.57 Å². The second kappa shape index (κ2) is 4.03. The van der Waals surface area contributed by atoms with E-state index in [4.69, 9.17) is 0 Å². The standard InChI is InChI=1S/C10H14N6/c1-2-4-9-12-13-10(16(9)6-3-1)8-15-7-5-11-14-15/h5,7H,1-4,6,8H2. The molecule has 84 valence electrons. The Morgan fingerprint density at radius 2 is 2.19 bits per heavy atom. The number of aromatic nitrogens is 6. The number of nitrogens with zero attached hydrogens (tertiary/aromatic N) is 6. The predicted molar refractivity (Wildman–Crippen MR) is 56.7 cm³/mol. The maximum Gasteiger partial charge on any atom is 0.154 e. The second-order valence-electron chi connectivity index (χ2n) is 4.10. The topological polar surface area (TPSA) is 61.4 Å². The molecule has 0 saturated carbocycles. The number of aryl methyl sites for hydroxylation is 1. The third-order valence-electron chi connectivity index (χ3n) is 2.96. The minimum absolute atomic E-state index is 0.660. The average Bonchev–Trinajstić information content (AvgIpc) is 2.86. The van der Waals surface area contributed by atoms with Crippen LogP contribution in [0, 0.1) is 0 Å². The van der Waals surface area contributed by atoms with Gasteiger partial charge in [-0.25, -0.2) is 4.68 Å². The number of fused-ring (bicyclic) bond motifs is 1. The zero-order chi connectivity index (χ0) is 10.8. The van der Waals surface area contributed by atoms with Gasteiger partial charge in [0, 0.05) is 19.2 Å². The van der Waals surface area contributed by atoms with Crippen LogP contribution in [0.4, 0.5) is 0 Å². The molecule has 1 aliphatic rings. The maximum absolute atomic E-state index is 4.25. The highest BCUT2D eigenvalue weighted by molar-refractivity contribution is 4.98. The zero-order valence-corrected chi connectivity index (χ0v) is 9.08. The molecule has 2 aromatic heterocycles. The van der Waals surface area contributed by atoms with Crippen molar-refractivity contribution in [1.82, 2.24) is 29.8 Å². The molecule has 0 saturated heterocycles. The molecule has 3 heterocycles. The van der Waals surface area contributed by atoms with Crippen LogP contribution in [0.1, 0.15) is 30.9 Å². The normalized spacial score (nSPS) is 15.8. The van der Waals surface area contributed by atoms with Crippen molar-refractivity contribution in [2.24, 2.45) is 0 Å². The van der Waals surface area contributed by atoms with Crippen LogP contribution in [0.15, 0.2) is 12.4 Å². The van der Waals surface area contributed by atoms with E-state index in [1.807, 2.05) is 6.20 Å². The second-order valence-corrected chi connectivity index (χ2v) is 4.10. The van der Waals surface area contributed by atoms with E-state index in [-0.39, 0.29) is 0 Å². The van der Waals surface area contributed by atoms with E-state index in [0.29, 0.717) is 6.54 Å². The lowest BCUT2D eigenvalue weighted by Crippen LogP contribution is -2.10. The summed E-state index contributed by atoms with van der Waals surface area (Å²) in [6.45, 7) is 1.69. The van der Waals surface area contributed by atoms with Crippen LogP contribution in [0.25, 0.3) is 0 Å². The van der Waals surface area contributed by atoms with Crippen molar-refractivity contribution < 1.29 is 0 Å². The molecule has 2 aromatic rings. The van der Waals surface area contributed by atoms with Gasteiger partial charge in [-0.3, -0.25) is 0 Å². The molecule has 0 amide bonds. The SMILES string of the molecule is c1cn(Cc2nnc3n2CCCCC3)nn1. The van der Waals surface area contributed by atoms with E-state index in [0.717, 1.165) is 24.6 Å². The molecule has 0 atom stereocenters. The van der Waals surface area contributed by atoms with E-state index in [2.05, 4.69) is 25.1 Å². The molecule has 0 N–H and O–H groups in total. The first-order chi connectivity index (χ1) is 7.93. The summed E-state index contributed by atoms with van der Waals surface area (Å²) < 4.78 is 4.01. The fourth-order valence-electron chi connectivity index (χ4n) is 2.12. The molecule has 3 rings (SSSR count). The lowest BCUT2D eigenvalue weighted by Gasteiger charge is -2.06. The van der Waals surface area contributed by atoms with Gasteiger partial charge in [0.2, 0.25) is 0 Å². The third-order valence-corrected chi connectivity index (χ3v) is 2.96. The van der Waals surface area contributed by atoms with Crippen LogP contribution in [0.5, 0.6) is 0 Å². The molecule has 0 aromatic carbocycles. The first-order valence-corrected chi connectivity index (χ1v) is 5.68. The van der Waals surface area contributed by atoms with Gasteiger partial charge in [0.15, 0.2) is 5.82 Å². The summed E-state index contributed by atoms with van der Waals surface area (Å²) in [4.78, 5) is 0. The average molecular weight is 218 g/mol. The Bertz CT molecular complexity index is 458. The Kier molecular flexibility index (Phi) is 2.40. The fourth-order valence-corrected chi connectivity index (χ4v) is 2.12. The van der Waals surface area contributed by atoms with Crippen molar-refractivity contribution in [2.45, 2.75) is 38.8 Å². The van der Waals surface area contributed by atoms with E-state index in [1.54, 1.807) is 10.9 Å². The molecule has 1 aliphatic heterocycles. The molecule has 6 nitrogen and oxygen atoms in total. The van der Waals surface area contributed by atoms with Crippen LogP contribution < -0.4 is 0 Å². The monoisotopic (exact) mass is 218 g/mol. The van der Waals surface area contributed by atoms with Crippen molar-refractivity contribution >= 4 is 0 Å². The van der Waals surface area contributed by atoms with Gasteiger partial charge in [0.05, 0.1) is 6.20 Å². The van der Waals surface area contributed by atoms with Gasteiger partial charge in [-0.2, -0.15) is 0 Å². The van der Waals surface area contributed by atoms with Crippen molar-refractivity contribution in [1.29, 1.82) is 0 Å². The molecule has 0 unspecified atom stereocenters. The number of rotatable bonds is 2. The van der Waals surface area contributed by atoms with Crippen molar-refractivity contribution in [3.8, 4) is 0 Å². The van der Waals surface area contributed by atoms with Crippen LogP contribution in [0.2, 0.25) is 0 Å². The van der Waals surface area contributed by atoms with Crippen LogP contribution in [-0.2, 0) is 19.5 Å². The molecule has 16 heavy (non-hydrogen) atoms. The van der Waals surface area contributed by atoms with Gasteiger partial charge in [-0.15, -0.1) is 15.3 Å². The number of hydrogen-bond acceptors (Lipinski definition) is 4. The minimum atomic E-state index is 0.660. The summed E-state index contributed by atoms with van der Waals surface area (Å²) in [5.74, 6) is 2.11. The van der Waals surface area contributed by atoms with Crippen LogP contribution >= 0.6 is 0 Å². The Morgan fingerprint density at radius 3 is 3.06 bits per heavy atom. The molecule has 0 spiro atoms. The zero-order valence-electron chi connectivity index (χ0n) is 9.08. The third kappa shape index (κ3) is 1.70. The first kappa shape index (κ1) is 9.50. The summed E-state index contributed by atoms with van der Waals surface area (Å²) in [5, 5.41) is 16.2. The quantitative estimate of drug-likeness (QED) is 0.742. The summed E-state index contributed by atoms with van der Waals surface area (Å²) in [6, 6.07) is 0.